The molecule has 0 aliphatic heterocycles. The van der Waals surface area contributed by atoms with Crippen LogP contribution in [0, 0.1) is 0 Å². The normalized spacial score (nSPS) is 11.8. The van der Waals surface area contributed by atoms with Gasteiger partial charge in [-0.15, -0.1) is 0 Å². The van der Waals surface area contributed by atoms with E-state index in [0.717, 1.165) is 50.5 Å². The van der Waals surface area contributed by atoms with Crippen LogP contribution in [0.2, 0.25) is 0 Å². The number of aromatic nitrogens is 13. The summed E-state index contributed by atoms with van der Waals surface area (Å²) < 4.78 is 0. The van der Waals surface area contributed by atoms with Crippen molar-refractivity contribution in [1.29, 1.82) is 0 Å². The Kier molecular flexibility index (Phi) is 15.1. The van der Waals surface area contributed by atoms with Gasteiger partial charge in [0.2, 0.25) is 0 Å². The lowest BCUT2D eigenvalue weighted by atomic mass is 9.90. The molecule has 7 aromatic rings. The maximum absolute atomic E-state index is 4.39. The summed E-state index contributed by atoms with van der Waals surface area (Å²) in [5, 5.41) is 23.7. The molecule has 56 heavy (non-hydrogen) atoms. The second-order valence-corrected chi connectivity index (χ2v) is 18.4. The molecule has 0 atom stereocenters. The highest BCUT2D eigenvalue weighted by Gasteiger charge is 2.20. The van der Waals surface area contributed by atoms with Gasteiger partial charge in [-0.05, 0) is 24.3 Å². The first-order valence-corrected chi connectivity index (χ1v) is 18.7. The Bertz CT molecular complexity index is 1960. The predicted octanol–water partition coefficient (Wildman–Crippen LogP) is 9.23. The first-order valence-electron chi connectivity index (χ1n) is 18.7. The molecule has 13 nitrogen and oxygen atoms in total. The Morgan fingerprint density at radius 3 is 1.54 bits per heavy atom. The molecular weight excluding hydrogens is 699 g/mol. The van der Waals surface area contributed by atoms with Gasteiger partial charge in [-0.1, -0.05) is 104 Å². The Morgan fingerprint density at radius 1 is 0.446 bits per heavy atom. The van der Waals surface area contributed by atoms with Crippen molar-refractivity contribution in [3.63, 3.8) is 0 Å². The van der Waals surface area contributed by atoms with Gasteiger partial charge in [0.1, 0.15) is 12.2 Å². The fourth-order valence-corrected chi connectivity index (χ4v) is 4.90. The molecule has 0 saturated heterocycles. The zero-order valence-corrected chi connectivity index (χ0v) is 36.0. The summed E-state index contributed by atoms with van der Waals surface area (Å²) in [6.07, 6.45) is 17.5. The number of pyridine rings is 1. The van der Waals surface area contributed by atoms with Crippen LogP contribution < -0.4 is 0 Å². The zero-order chi connectivity index (χ0) is 41.8. The Morgan fingerprint density at radius 2 is 1.05 bits per heavy atom. The largest absolute Gasteiger partial charge is 0.278 e. The first-order chi connectivity index (χ1) is 26.0. The van der Waals surface area contributed by atoms with Gasteiger partial charge in [0.25, 0.3) is 0 Å². The van der Waals surface area contributed by atoms with Crippen LogP contribution in [0.4, 0.5) is 0 Å². The van der Waals surface area contributed by atoms with Crippen molar-refractivity contribution in [3.05, 3.63) is 115 Å². The molecule has 0 fully saturated rings. The summed E-state index contributed by atoms with van der Waals surface area (Å²) in [5.74, 6) is 0.898. The number of nitrogens with one attached hydrogen (secondary N) is 2. The quantitative estimate of drug-likeness (QED) is 0.151. The third kappa shape index (κ3) is 13.9. The molecule has 0 amide bonds. The van der Waals surface area contributed by atoms with E-state index < -0.39 is 0 Å². The molecule has 7 rings (SSSR count). The summed E-state index contributed by atoms with van der Waals surface area (Å²) in [4.78, 5) is 29.2. The van der Waals surface area contributed by atoms with Gasteiger partial charge in [-0.2, -0.15) is 20.4 Å². The van der Waals surface area contributed by atoms with E-state index in [2.05, 4.69) is 169 Å². The lowest BCUT2D eigenvalue weighted by Crippen LogP contribution is -2.14. The number of aromatic amines is 2. The molecule has 298 valence electrons. The van der Waals surface area contributed by atoms with E-state index in [-0.39, 0.29) is 27.1 Å². The van der Waals surface area contributed by atoms with Crippen LogP contribution in [-0.2, 0) is 27.1 Å². The fourth-order valence-electron chi connectivity index (χ4n) is 4.90. The van der Waals surface area contributed by atoms with Crippen molar-refractivity contribution in [2.24, 2.45) is 0 Å². The number of hydrogen-bond acceptors (Lipinski definition) is 11. The SMILES string of the molecule is CC(C)(C)c1cccnn1.CC(C)(C)c1cnccn1.CC(C)(C)c1nccc2[nH]ncc12.CC(C)(C)c1ncccn1.CC(C)(C)c1ncnc2[nH]ncc12. The van der Waals surface area contributed by atoms with Gasteiger partial charge in [-0.25, -0.2) is 19.9 Å². The number of H-pyrrole nitrogens is 2. The maximum Gasteiger partial charge on any atom is 0.158 e. The Labute approximate surface area is 332 Å². The minimum absolute atomic E-state index is 0.0328. The molecule has 2 N–H and O–H groups in total. The highest BCUT2D eigenvalue weighted by atomic mass is 15.1. The average Bonchev–Trinajstić information content (AvgIpc) is 3.82. The van der Waals surface area contributed by atoms with Crippen LogP contribution in [0.25, 0.3) is 21.9 Å². The molecule has 0 saturated carbocycles. The molecule has 7 aromatic heterocycles. The summed E-state index contributed by atoms with van der Waals surface area (Å²) >= 11 is 0. The van der Waals surface area contributed by atoms with E-state index in [4.69, 9.17) is 0 Å². The van der Waals surface area contributed by atoms with Crippen LogP contribution in [0.3, 0.4) is 0 Å². The second-order valence-electron chi connectivity index (χ2n) is 18.4. The smallest absolute Gasteiger partial charge is 0.158 e. The van der Waals surface area contributed by atoms with E-state index >= 15 is 0 Å². The maximum atomic E-state index is 4.39. The third-order valence-corrected chi connectivity index (χ3v) is 7.95. The topological polar surface area (TPSA) is 173 Å². The summed E-state index contributed by atoms with van der Waals surface area (Å²) in [5.41, 5.74) is 6.48. The standard InChI is InChI=1S/C10H13N3.C9H12N4.3C8H12N2/c1-10(2,3)9-7-6-12-13-8(7)4-5-11-9;1-9(2,3)7-6-4-12-13-8(6)11-5-10-7;1-8(2,3)7-6-9-4-5-10-7;1-8(2,3)7-9-5-4-6-10-7;1-8(2,3)7-5-4-6-9-10-7/h4-6H,1-3H3,(H,12,13);4-5H,1-3H3,(H,10,11,12,13);3*4-6H,1-3H3. The number of fused-ring (bicyclic) bond motifs is 2. The first kappa shape index (κ1) is 44.8. The molecule has 0 spiro atoms. The molecule has 0 aliphatic carbocycles. The molecule has 13 heteroatoms. The van der Waals surface area contributed by atoms with Gasteiger partial charge in [0.05, 0.1) is 46.1 Å². The molecule has 0 bridgehead atoms. The molecule has 0 aliphatic rings. The van der Waals surface area contributed by atoms with Gasteiger partial charge in [0, 0.05) is 75.8 Å². The van der Waals surface area contributed by atoms with Gasteiger partial charge < -0.3 is 0 Å². The van der Waals surface area contributed by atoms with Gasteiger partial charge in [0.15, 0.2) is 5.65 Å². The van der Waals surface area contributed by atoms with Crippen molar-refractivity contribution in [2.75, 3.05) is 0 Å². The van der Waals surface area contributed by atoms with Crippen LogP contribution in [0.1, 0.15) is 132 Å². The van der Waals surface area contributed by atoms with E-state index in [1.807, 2.05) is 36.7 Å². The number of hydrogen-bond donors (Lipinski definition) is 2. The molecule has 0 radical (unpaired) electrons. The number of nitrogens with zero attached hydrogens (tertiary/aromatic N) is 11. The highest BCUT2D eigenvalue weighted by Crippen LogP contribution is 2.27. The monoisotopic (exact) mass is 760 g/mol. The van der Waals surface area contributed by atoms with Gasteiger partial charge in [-0.3, -0.25) is 25.1 Å². The van der Waals surface area contributed by atoms with Gasteiger partial charge >= 0.3 is 0 Å². The Balaban J connectivity index is 0.000000189. The lowest BCUT2D eigenvalue weighted by Gasteiger charge is -2.17. The van der Waals surface area contributed by atoms with E-state index in [1.54, 1.807) is 49.7 Å². The van der Waals surface area contributed by atoms with Crippen molar-refractivity contribution in [1.82, 2.24) is 65.5 Å². The van der Waals surface area contributed by atoms with Crippen LogP contribution in [0.5, 0.6) is 0 Å². The van der Waals surface area contributed by atoms with Crippen molar-refractivity contribution in [2.45, 2.75) is 131 Å². The summed E-state index contributed by atoms with van der Waals surface area (Å²) in [6, 6.07) is 7.67. The zero-order valence-electron chi connectivity index (χ0n) is 36.0. The predicted molar refractivity (Wildman–Crippen MR) is 225 cm³/mol. The highest BCUT2D eigenvalue weighted by molar-refractivity contribution is 5.80. The van der Waals surface area contributed by atoms with E-state index in [0.29, 0.717) is 0 Å². The van der Waals surface area contributed by atoms with Crippen LogP contribution in [0.15, 0.2) is 86.4 Å². The summed E-state index contributed by atoms with van der Waals surface area (Å²) in [7, 11) is 0. The van der Waals surface area contributed by atoms with E-state index in [1.165, 1.54) is 0 Å². The summed E-state index contributed by atoms with van der Waals surface area (Å²) in [6.45, 7) is 31.9. The lowest BCUT2D eigenvalue weighted by molar-refractivity contribution is 0.545. The van der Waals surface area contributed by atoms with E-state index in [9.17, 15) is 0 Å². The van der Waals surface area contributed by atoms with Crippen molar-refractivity contribution >= 4 is 21.9 Å². The van der Waals surface area contributed by atoms with Crippen molar-refractivity contribution < 1.29 is 0 Å². The minimum atomic E-state index is 0.0328. The van der Waals surface area contributed by atoms with Crippen molar-refractivity contribution in [3.8, 4) is 0 Å². The molecule has 7 heterocycles. The Hall–Kier alpha value is -5.59. The minimum Gasteiger partial charge on any atom is -0.278 e. The fraction of sp³-hybridized carbons (Fsp3) is 0.465. The number of rotatable bonds is 0. The molecular formula is C43H61N13. The average molecular weight is 760 g/mol. The van der Waals surface area contributed by atoms with Crippen LogP contribution in [-0.4, -0.2) is 65.5 Å². The third-order valence-electron chi connectivity index (χ3n) is 7.95. The second kappa shape index (κ2) is 18.8. The van der Waals surface area contributed by atoms with Crippen LogP contribution >= 0.6 is 0 Å². The molecule has 0 aromatic carbocycles. The molecule has 0 unspecified atom stereocenters.